The summed E-state index contributed by atoms with van der Waals surface area (Å²) in [6, 6.07) is 14.0. The maximum Gasteiger partial charge on any atom is 0.344 e. The van der Waals surface area contributed by atoms with E-state index < -0.39 is 0 Å². The van der Waals surface area contributed by atoms with E-state index in [0.717, 1.165) is 56.3 Å². The number of para-hydroxylation sites is 1. The molecule has 0 bridgehead atoms. The van der Waals surface area contributed by atoms with Crippen LogP contribution in [0.2, 0.25) is 0 Å². The van der Waals surface area contributed by atoms with Crippen molar-refractivity contribution in [2.45, 2.75) is 12.8 Å². The summed E-state index contributed by atoms with van der Waals surface area (Å²) in [6.45, 7) is 5.75. The zero-order valence-electron chi connectivity index (χ0n) is 14.7. The SMILES string of the molecule is CN1CCN(CCCc2ccc3c(c2)c(=O)oc2ccccc23)CC1. The molecule has 0 spiro atoms. The Bertz CT molecular complexity index is 939. The summed E-state index contributed by atoms with van der Waals surface area (Å²) < 4.78 is 5.47. The second-order valence-electron chi connectivity index (χ2n) is 7.01. The van der Waals surface area contributed by atoms with Crippen molar-refractivity contribution in [1.82, 2.24) is 9.80 Å². The average molecular weight is 336 g/mol. The minimum atomic E-state index is -0.241. The number of benzene rings is 2. The van der Waals surface area contributed by atoms with Gasteiger partial charge in [0.2, 0.25) is 0 Å². The number of likely N-dealkylation sites (N-methyl/N-ethyl adjacent to an activating group) is 1. The zero-order valence-corrected chi connectivity index (χ0v) is 14.7. The molecule has 1 saturated heterocycles. The first-order valence-electron chi connectivity index (χ1n) is 9.06. The maximum absolute atomic E-state index is 12.3. The van der Waals surface area contributed by atoms with Gasteiger partial charge in [-0.1, -0.05) is 30.3 Å². The molecule has 1 aliphatic heterocycles. The van der Waals surface area contributed by atoms with Gasteiger partial charge in [-0.2, -0.15) is 0 Å². The first-order chi connectivity index (χ1) is 12.2. The molecule has 130 valence electrons. The number of fused-ring (bicyclic) bond motifs is 3. The molecule has 0 radical (unpaired) electrons. The largest absolute Gasteiger partial charge is 0.422 e. The van der Waals surface area contributed by atoms with E-state index in [2.05, 4.69) is 29.0 Å². The highest BCUT2D eigenvalue weighted by molar-refractivity contribution is 6.04. The van der Waals surface area contributed by atoms with E-state index in [-0.39, 0.29) is 5.63 Å². The number of hydrogen-bond acceptors (Lipinski definition) is 4. The Hall–Kier alpha value is -2.17. The van der Waals surface area contributed by atoms with Crippen molar-refractivity contribution in [2.24, 2.45) is 0 Å². The first kappa shape index (κ1) is 16.3. The summed E-state index contributed by atoms with van der Waals surface area (Å²) in [7, 11) is 2.18. The van der Waals surface area contributed by atoms with Crippen LogP contribution in [0.5, 0.6) is 0 Å². The lowest BCUT2D eigenvalue weighted by Gasteiger charge is -2.32. The maximum atomic E-state index is 12.3. The van der Waals surface area contributed by atoms with Crippen molar-refractivity contribution in [3.05, 3.63) is 58.4 Å². The molecular weight excluding hydrogens is 312 g/mol. The van der Waals surface area contributed by atoms with Gasteiger partial charge in [0.1, 0.15) is 5.58 Å². The molecule has 4 rings (SSSR count). The van der Waals surface area contributed by atoms with Gasteiger partial charge < -0.3 is 14.2 Å². The molecule has 2 aromatic carbocycles. The third-order valence-electron chi connectivity index (χ3n) is 5.22. The van der Waals surface area contributed by atoms with Gasteiger partial charge in [0.15, 0.2) is 0 Å². The van der Waals surface area contributed by atoms with E-state index >= 15 is 0 Å². The van der Waals surface area contributed by atoms with E-state index in [9.17, 15) is 4.79 Å². The molecule has 0 amide bonds. The number of nitrogens with zero attached hydrogens (tertiary/aromatic N) is 2. The minimum Gasteiger partial charge on any atom is -0.422 e. The van der Waals surface area contributed by atoms with Crippen LogP contribution < -0.4 is 5.63 Å². The van der Waals surface area contributed by atoms with Crippen LogP contribution in [0.25, 0.3) is 21.7 Å². The molecule has 25 heavy (non-hydrogen) atoms. The summed E-state index contributed by atoms with van der Waals surface area (Å²) in [5, 5.41) is 2.67. The van der Waals surface area contributed by atoms with Crippen LogP contribution in [-0.2, 0) is 6.42 Å². The van der Waals surface area contributed by atoms with Gasteiger partial charge in [0, 0.05) is 31.6 Å². The molecule has 1 aromatic heterocycles. The van der Waals surface area contributed by atoms with Gasteiger partial charge in [0.25, 0.3) is 0 Å². The van der Waals surface area contributed by atoms with Gasteiger partial charge in [-0.3, -0.25) is 0 Å². The lowest BCUT2D eigenvalue weighted by atomic mass is 10.0. The molecule has 0 unspecified atom stereocenters. The molecule has 4 nitrogen and oxygen atoms in total. The van der Waals surface area contributed by atoms with Crippen LogP contribution in [0, 0.1) is 0 Å². The minimum absolute atomic E-state index is 0.241. The molecular formula is C21H24N2O2. The summed E-state index contributed by atoms with van der Waals surface area (Å²) in [5.41, 5.74) is 1.63. The third kappa shape index (κ3) is 3.46. The highest BCUT2D eigenvalue weighted by atomic mass is 16.4. The van der Waals surface area contributed by atoms with Crippen molar-refractivity contribution in [3.8, 4) is 0 Å². The smallest absolute Gasteiger partial charge is 0.344 e. The van der Waals surface area contributed by atoms with E-state index in [1.165, 1.54) is 5.56 Å². The highest BCUT2D eigenvalue weighted by Crippen LogP contribution is 2.23. The van der Waals surface area contributed by atoms with E-state index in [1.54, 1.807) is 0 Å². The van der Waals surface area contributed by atoms with Gasteiger partial charge in [-0.15, -0.1) is 0 Å². The lowest BCUT2D eigenvalue weighted by molar-refractivity contribution is 0.153. The van der Waals surface area contributed by atoms with Gasteiger partial charge in [-0.05, 0) is 49.5 Å². The van der Waals surface area contributed by atoms with Gasteiger partial charge in [-0.25, -0.2) is 4.79 Å². The van der Waals surface area contributed by atoms with Gasteiger partial charge in [0.05, 0.1) is 5.39 Å². The first-order valence-corrected chi connectivity index (χ1v) is 9.06. The Labute approximate surface area is 147 Å². The second-order valence-corrected chi connectivity index (χ2v) is 7.01. The number of piperazine rings is 1. The molecule has 1 aliphatic rings. The Morgan fingerprint density at radius 1 is 0.960 bits per heavy atom. The fourth-order valence-corrected chi connectivity index (χ4v) is 3.66. The summed E-state index contributed by atoms with van der Waals surface area (Å²) >= 11 is 0. The number of hydrogen-bond donors (Lipinski definition) is 0. The molecule has 0 aliphatic carbocycles. The topological polar surface area (TPSA) is 36.7 Å². The van der Waals surface area contributed by atoms with E-state index in [0.29, 0.717) is 11.0 Å². The second kappa shape index (κ2) is 6.98. The Balaban J connectivity index is 1.50. The summed E-state index contributed by atoms with van der Waals surface area (Å²) in [6.07, 6.45) is 2.11. The van der Waals surface area contributed by atoms with Crippen molar-refractivity contribution in [3.63, 3.8) is 0 Å². The fraction of sp³-hybridized carbons (Fsp3) is 0.381. The Morgan fingerprint density at radius 3 is 2.60 bits per heavy atom. The number of rotatable bonds is 4. The van der Waals surface area contributed by atoms with Crippen molar-refractivity contribution in [1.29, 1.82) is 0 Å². The molecule has 0 saturated carbocycles. The fourth-order valence-electron chi connectivity index (χ4n) is 3.66. The standard InChI is InChI=1S/C21H24N2O2/c1-22-11-13-23(14-12-22)10-4-5-16-8-9-17-18-6-2-3-7-20(18)25-21(24)19(17)15-16/h2-3,6-9,15H,4-5,10-14H2,1H3. The van der Waals surface area contributed by atoms with Crippen LogP contribution in [-0.4, -0.2) is 49.6 Å². The van der Waals surface area contributed by atoms with Crippen LogP contribution in [0.4, 0.5) is 0 Å². The summed E-state index contributed by atoms with van der Waals surface area (Å²) in [5.74, 6) is 0. The quantitative estimate of drug-likeness (QED) is 0.542. The van der Waals surface area contributed by atoms with Crippen LogP contribution in [0.3, 0.4) is 0 Å². The number of aryl methyl sites for hydroxylation is 1. The van der Waals surface area contributed by atoms with Crippen molar-refractivity contribution < 1.29 is 4.42 Å². The van der Waals surface area contributed by atoms with Crippen LogP contribution >= 0.6 is 0 Å². The Morgan fingerprint density at radius 2 is 1.76 bits per heavy atom. The predicted molar refractivity (Wildman–Crippen MR) is 102 cm³/mol. The van der Waals surface area contributed by atoms with Crippen molar-refractivity contribution in [2.75, 3.05) is 39.8 Å². The molecule has 0 N–H and O–H groups in total. The normalized spacial score (nSPS) is 16.7. The van der Waals surface area contributed by atoms with E-state index in [1.807, 2.05) is 30.3 Å². The molecule has 0 atom stereocenters. The summed E-state index contributed by atoms with van der Waals surface area (Å²) in [4.78, 5) is 17.2. The van der Waals surface area contributed by atoms with Crippen LogP contribution in [0.15, 0.2) is 51.7 Å². The third-order valence-corrected chi connectivity index (χ3v) is 5.22. The van der Waals surface area contributed by atoms with Gasteiger partial charge >= 0.3 is 5.63 Å². The highest BCUT2D eigenvalue weighted by Gasteiger charge is 2.13. The monoisotopic (exact) mass is 336 g/mol. The zero-order chi connectivity index (χ0) is 17.2. The predicted octanol–water partition coefficient (Wildman–Crippen LogP) is 3.13. The average Bonchev–Trinajstić information content (AvgIpc) is 2.64. The lowest BCUT2D eigenvalue weighted by Crippen LogP contribution is -2.44. The molecule has 3 aromatic rings. The molecule has 2 heterocycles. The van der Waals surface area contributed by atoms with Crippen molar-refractivity contribution >= 4 is 21.7 Å². The Kier molecular flexibility index (Phi) is 4.55. The van der Waals surface area contributed by atoms with Crippen LogP contribution in [0.1, 0.15) is 12.0 Å². The molecule has 4 heteroatoms. The molecule has 1 fully saturated rings. The van der Waals surface area contributed by atoms with E-state index in [4.69, 9.17) is 4.42 Å².